The van der Waals surface area contributed by atoms with Gasteiger partial charge < -0.3 is 9.84 Å². The fraction of sp³-hybridized carbons (Fsp3) is 0.238. The van der Waals surface area contributed by atoms with Gasteiger partial charge in [-0.25, -0.2) is 4.68 Å². The molecular formula is C21H21ClN2O3. The first kappa shape index (κ1) is 19.0. The van der Waals surface area contributed by atoms with Crippen molar-refractivity contribution in [2.75, 3.05) is 6.61 Å². The van der Waals surface area contributed by atoms with Gasteiger partial charge in [0, 0.05) is 17.1 Å². The van der Waals surface area contributed by atoms with Crippen molar-refractivity contribution in [3.8, 4) is 11.4 Å². The molecule has 6 heteroatoms. The van der Waals surface area contributed by atoms with E-state index in [1.807, 2.05) is 48.9 Å². The molecule has 1 atom stereocenters. The average molecular weight is 385 g/mol. The van der Waals surface area contributed by atoms with Crippen molar-refractivity contribution in [3.05, 3.63) is 76.6 Å². The van der Waals surface area contributed by atoms with Gasteiger partial charge in [-0.3, -0.25) is 4.79 Å². The maximum absolute atomic E-state index is 11.8. The number of ether oxygens (including phenoxy) is 1. The van der Waals surface area contributed by atoms with Crippen LogP contribution in [0.4, 0.5) is 0 Å². The summed E-state index contributed by atoms with van der Waals surface area (Å²) in [7, 11) is 0. The lowest BCUT2D eigenvalue weighted by atomic mass is 9.94. The lowest BCUT2D eigenvalue weighted by Gasteiger charge is -2.11. The van der Waals surface area contributed by atoms with E-state index in [1.54, 1.807) is 24.3 Å². The molecule has 1 heterocycles. The van der Waals surface area contributed by atoms with Gasteiger partial charge in [0.1, 0.15) is 5.75 Å². The number of carbonyl (C=O) groups is 1. The Bertz CT molecular complexity index is 935. The third-order valence-corrected chi connectivity index (χ3v) is 4.53. The van der Waals surface area contributed by atoms with Crippen molar-refractivity contribution in [3.63, 3.8) is 0 Å². The van der Waals surface area contributed by atoms with Crippen molar-refractivity contribution in [2.45, 2.75) is 26.2 Å². The Morgan fingerprint density at radius 1 is 1.22 bits per heavy atom. The number of aromatic nitrogens is 2. The molecule has 0 radical (unpaired) electrons. The van der Waals surface area contributed by atoms with Crippen LogP contribution in [-0.2, 0) is 11.2 Å². The summed E-state index contributed by atoms with van der Waals surface area (Å²) in [5.41, 5.74) is 3.22. The van der Waals surface area contributed by atoms with Crippen LogP contribution in [0.5, 0.6) is 5.75 Å². The fourth-order valence-corrected chi connectivity index (χ4v) is 3.23. The highest BCUT2D eigenvalue weighted by Gasteiger charge is 2.22. The zero-order valence-corrected chi connectivity index (χ0v) is 16.0. The van der Waals surface area contributed by atoms with E-state index >= 15 is 0 Å². The molecule has 3 aromatic rings. The summed E-state index contributed by atoms with van der Waals surface area (Å²) in [6.07, 6.45) is 0.292. The Morgan fingerprint density at radius 3 is 2.59 bits per heavy atom. The molecule has 0 amide bonds. The van der Waals surface area contributed by atoms with E-state index in [0.717, 1.165) is 17.1 Å². The summed E-state index contributed by atoms with van der Waals surface area (Å²) < 4.78 is 7.27. The predicted octanol–water partition coefficient (Wildman–Crippen LogP) is 4.64. The minimum Gasteiger partial charge on any atom is -0.494 e. The Morgan fingerprint density at radius 2 is 1.96 bits per heavy atom. The molecule has 1 N–H and O–H groups in total. The number of hydrogen-bond donors (Lipinski definition) is 1. The number of carboxylic acids is 1. The maximum Gasteiger partial charge on any atom is 0.311 e. The molecule has 1 unspecified atom stereocenters. The second kappa shape index (κ2) is 8.27. The van der Waals surface area contributed by atoms with Crippen LogP contribution in [0.15, 0.2) is 54.6 Å². The van der Waals surface area contributed by atoms with Crippen molar-refractivity contribution < 1.29 is 14.6 Å². The lowest BCUT2D eigenvalue weighted by Crippen LogP contribution is -2.15. The number of carboxylic acid groups (broad SMARTS) is 1. The zero-order chi connectivity index (χ0) is 19.4. The number of nitrogens with zero attached hydrogens (tertiary/aromatic N) is 2. The van der Waals surface area contributed by atoms with E-state index in [4.69, 9.17) is 16.3 Å². The highest BCUT2D eigenvalue weighted by atomic mass is 35.5. The average Bonchev–Trinajstić information content (AvgIpc) is 3.01. The minimum absolute atomic E-state index is 0.292. The van der Waals surface area contributed by atoms with Gasteiger partial charge in [-0.2, -0.15) is 5.10 Å². The van der Waals surface area contributed by atoms with Crippen LogP contribution < -0.4 is 4.74 Å². The van der Waals surface area contributed by atoms with Crippen LogP contribution >= 0.6 is 11.6 Å². The quantitative estimate of drug-likeness (QED) is 0.644. The molecule has 1 aromatic heterocycles. The van der Waals surface area contributed by atoms with Crippen molar-refractivity contribution in [1.29, 1.82) is 0 Å². The van der Waals surface area contributed by atoms with Gasteiger partial charge in [-0.1, -0.05) is 23.7 Å². The Labute approximate surface area is 163 Å². The van der Waals surface area contributed by atoms with Crippen LogP contribution in [0, 0.1) is 6.92 Å². The molecule has 2 aromatic carbocycles. The van der Waals surface area contributed by atoms with Gasteiger partial charge in [-0.15, -0.1) is 0 Å². The topological polar surface area (TPSA) is 64.4 Å². The van der Waals surface area contributed by atoms with Crippen molar-refractivity contribution in [1.82, 2.24) is 9.78 Å². The van der Waals surface area contributed by atoms with Crippen molar-refractivity contribution in [2.24, 2.45) is 0 Å². The lowest BCUT2D eigenvalue weighted by molar-refractivity contribution is -0.138. The Balaban J connectivity index is 1.85. The summed E-state index contributed by atoms with van der Waals surface area (Å²) in [5.74, 6) is -0.796. The minimum atomic E-state index is -0.898. The highest BCUT2D eigenvalue weighted by molar-refractivity contribution is 6.30. The smallest absolute Gasteiger partial charge is 0.311 e. The molecule has 27 heavy (non-hydrogen) atoms. The fourth-order valence-electron chi connectivity index (χ4n) is 3.03. The molecule has 0 spiro atoms. The molecule has 140 valence electrons. The number of aryl methyl sites for hydroxylation is 1. The van der Waals surface area contributed by atoms with Gasteiger partial charge in [0.25, 0.3) is 0 Å². The van der Waals surface area contributed by atoms with E-state index in [0.29, 0.717) is 29.3 Å². The summed E-state index contributed by atoms with van der Waals surface area (Å²) in [6, 6.07) is 16.5. The maximum atomic E-state index is 11.8. The third-order valence-electron chi connectivity index (χ3n) is 4.29. The number of aliphatic carboxylic acids is 1. The number of hydrogen-bond acceptors (Lipinski definition) is 3. The van der Waals surface area contributed by atoms with Crippen LogP contribution in [-0.4, -0.2) is 27.5 Å². The molecule has 0 aliphatic rings. The Hall–Kier alpha value is -2.79. The molecular weight excluding hydrogens is 364 g/mol. The van der Waals surface area contributed by atoms with Gasteiger partial charge in [-0.05, 0) is 61.9 Å². The van der Waals surface area contributed by atoms with E-state index in [-0.39, 0.29) is 0 Å². The number of halogens is 1. The highest BCUT2D eigenvalue weighted by Crippen LogP contribution is 2.25. The molecule has 0 fully saturated rings. The van der Waals surface area contributed by atoms with Crippen LogP contribution in [0.25, 0.3) is 5.69 Å². The second-order valence-corrected chi connectivity index (χ2v) is 6.70. The third kappa shape index (κ3) is 4.49. The molecule has 0 bridgehead atoms. The largest absolute Gasteiger partial charge is 0.494 e. The van der Waals surface area contributed by atoms with E-state index in [1.165, 1.54) is 0 Å². The Kier molecular flexibility index (Phi) is 5.81. The first-order chi connectivity index (χ1) is 13.0. The van der Waals surface area contributed by atoms with Gasteiger partial charge in [0.15, 0.2) is 0 Å². The standard InChI is InChI=1S/C21H21ClN2O3/c1-3-27-19-9-7-18(8-10-19)24-14(2)11-17(23-24)13-20(21(25)26)15-5-4-6-16(22)12-15/h4-12,20H,3,13H2,1-2H3,(H,25,26). The summed E-state index contributed by atoms with van der Waals surface area (Å²) >= 11 is 6.02. The van der Waals surface area contributed by atoms with Crippen LogP contribution in [0.2, 0.25) is 5.02 Å². The SMILES string of the molecule is CCOc1ccc(-n2nc(CC(C(=O)O)c3cccc(Cl)c3)cc2C)cc1. The molecule has 3 rings (SSSR count). The monoisotopic (exact) mass is 384 g/mol. The number of benzene rings is 2. The first-order valence-corrected chi connectivity index (χ1v) is 9.12. The molecule has 0 saturated heterocycles. The van der Waals surface area contributed by atoms with Crippen molar-refractivity contribution >= 4 is 17.6 Å². The van der Waals surface area contributed by atoms with E-state index in [2.05, 4.69) is 5.10 Å². The van der Waals surface area contributed by atoms with Crippen LogP contribution in [0.3, 0.4) is 0 Å². The number of rotatable bonds is 7. The molecule has 5 nitrogen and oxygen atoms in total. The summed E-state index contributed by atoms with van der Waals surface area (Å²) in [6.45, 7) is 4.50. The van der Waals surface area contributed by atoms with Gasteiger partial charge in [0.05, 0.1) is 23.9 Å². The zero-order valence-electron chi connectivity index (χ0n) is 15.2. The summed E-state index contributed by atoms with van der Waals surface area (Å²) in [5, 5.41) is 14.8. The van der Waals surface area contributed by atoms with Gasteiger partial charge in [0.2, 0.25) is 0 Å². The second-order valence-electron chi connectivity index (χ2n) is 6.27. The molecule has 0 aliphatic carbocycles. The van der Waals surface area contributed by atoms with Crippen LogP contribution in [0.1, 0.15) is 29.8 Å². The van der Waals surface area contributed by atoms with E-state index in [9.17, 15) is 9.90 Å². The predicted molar refractivity (Wildman–Crippen MR) is 105 cm³/mol. The molecule has 0 saturated carbocycles. The summed E-state index contributed by atoms with van der Waals surface area (Å²) in [4.78, 5) is 11.8. The van der Waals surface area contributed by atoms with Gasteiger partial charge >= 0.3 is 5.97 Å². The molecule has 0 aliphatic heterocycles. The normalized spacial score (nSPS) is 12.0. The van der Waals surface area contributed by atoms with E-state index < -0.39 is 11.9 Å². The first-order valence-electron chi connectivity index (χ1n) is 8.75.